The Balaban J connectivity index is 1.63. The van der Waals surface area contributed by atoms with Crippen LogP contribution in [0.1, 0.15) is 44.1 Å². The van der Waals surface area contributed by atoms with Crippen molar-refractivity contribution < 1.29 is 9.47 Å². The number of methoxy groups -OCH3 is 1. The lowest BCUT2D eigenvalue weighted by molar-refractivity contribution is -0.0767. The Morgan fingerprint density at radius 1 is 1.35 bits per heavy atom. The first-order valence-electron chi connectivity index (χ1n) is 7.78. The standard InChI is InChI=1S/C17H25NO2/c1-19-13-14-5-4-6-15(11-14)18-16-7-10-20-17(12-16)8-2-3-9-17/h4-6,11,16,18H,2-3,7-10,12-13H2,1H3. The number of benzene rings is 1. The molecule has 1 atom stereocenters. The molecule has 1 aromatic rings. The number of hydrogen-bond acceptors (Lipinski definition) is 3. The van der Waals surface area contributed by atoms with Crippen molar-refractivity contribution in [3.8, 4) is 0 Å². The molecule has 1 aliphatic heterocycles. The highest BCUT2D eigenvalue weighted by Gasteiger charge is 2.39. The molecule has 2 aliphatic rings. The fourth-order valence-corrected chi connectivity index (χ4v) is 3.67. The van der Waals surface area contributed by atoms with Crippen molar-refractivity contribution in [3.63, 3.8) is 0 Å². The normalized spacial score (nSPS) is 24.9. The molecule has 3 rings (SSSR count). The van der Waals surface area contributed by atoms with E-state index in [0.29, 0.717) is 12.6 Å². The predicted molar refractivity (Wildman–Crippen MR) is 81.0 cm³/mol. The summed E-state index contributed by atoms with van der Waals surface area (Å²) in [5.74, 6) is 0. The monoisotopic (exact) mass is 275 g/mol. The second-order valence-corrected chi connectivity index (χ2v) is 6.21. The SMILES string of the molecule is COCc1cccc(NC2CCOC3(CCCC3)C2)c1. The molecule has 1 heterocycles. The van der Waals surface area contributed by atoms with Gasteiger partial charge < -0.3 is 14.8 Å². The Hall–Kier alpha value is -1.06. The number of hydrogen-bond donors (Lipinski definition) is 1. The first-order valence-corrected chi connectivity index (χ1v) is 7.78. The van der Waals surface area contributed by atoms with Gasteiger partial charge in [0.25, 0.3) is 0 Å². The molecule has 110 valence electrons. The summed E-state index contributed by atoms with van der Waals surface area (Å²) in [6.45, 7) is 1.57. The van der Waals surface area contributed by atoms with E-state index in [0.717, 1.165) is 19.4 Å². The maximum absolute atomic E-state index is 6.10. The molecule has 0 bridgehead atoms. The van der Waals surface area contributed by atoms with Gasteiger partial charge in [0, 0.05) is 25.4 Å². The van der Waals surface area contributed by atoms with Gasteiger partial charge in [-0.15, -0.1) is 0 Å². The first-order chi connectivity index (χ1) is 9.80. The molecule has 1 aliphatic carbocycles. The van der Waals surface area contributed by atoms with E-state index in [1.54, 1.807) is 7.11 Å². The highest BCUT2D eigenvalue weighted by molar-refractivity contribution is 5.46. The van der Waals surface area contributed by atoms with E-state index in [1.165, 1.54) is 36.9 Å². The van der Waals surface area contributed by atoms with E-state index in [2.05, 4.69) is 29.6 Å². The lowest BCUT2D eigenvalue weighted by Crippen LogP contribution is -2.42. The van der Waals surface area contributed by atoms with Crippen LogP contribution in [0.25, 0.3) is 0 Å². The molecule has 0 aromatic heterocycles. The molecule has 0 amide bonds. The third-order valence-electron chi connectivity index (χ3n) is 4.62. The van der Waals surface area contributed by atoms with Crippen molar-refractivity contribution in [1.29, 1.82) is 0 Å². The Labute approximate surface area is 121 Å². The van der Waals surface area contributed by atoms with Crippen LogP contribution in [-0.2, 0) is 16.1 Å². The van der Waals surface area contributed by atoms with Gasteiger partial charge in [0.05, 0.1) is 12.2 Å². The summed E-state index contributed by atoms with van der Waals surface area (Å²) in [5, 5.41) is 3.70. The van der Waals surface area contributed by atoms with Crippen LogP contribution in [0, 0.1) is 0 Å². The number of anilines is 1. The zero-order valence-corrected chi connectivity index (χ0v) is 12.4. The Kier molecular flexibility index (Phi) is 4.27. The highest BCUT2D eigenvalue weighted by Crippen LogP contribution is 2.40. The molecule has 1 aromatic carbocycles. The van der Waals surface area contributed by atoms with Crippen LogP contribution in [-0.4, -0.2) is 25.4 Å². The maximum atomic E-state index is 6.10. The second kappa shape index (κ2) is 6.15. The average molecular weight is 275 g/mol. The quantitative estimate of drug-likeness (QED) is 0.908. The molecule has 3 nitrogen and oxygen atoms in total. The minimum absolute atomic E-state index is 0.181. The van der Waals surface area contributed by atoms with Crippen molar-refractivity contribution in [2.45, 2.75) is 56.8 Å². The Morgan fingerprint density at radius 2 is 2.20 bits per heavy atom. The highest BCUT2D eigenvalue weighted by atomic mass is 16.5. The van der Waals surface area contributed by atoms with Crippen molar-refractivity contribution in [2.24, 2.45) is 0 Å². The number of rotatable bonds is 4. The van der Waals surface area contributed by atoms with Crippen LogP contribution in [0.4, 0.5) is 5.69 Å². The van der Waals surface area contributed by atoms with Crippen molar-refractivity contribution in [3.05, 3.63) is 29.8 Å². The van der Waals surface area contributed by atoms with Crippen molar-refractivity contribution >= 4 is 5.69 Å². The van der Waals surface area contributed by atoms with Crippen molar-refractivity contribution in [2.75, 3.05) is 19.0 Å². The summed E-state index contributed by atoms with van der Waals surface area (Å²) in [6.07, 6.45) is 7.41. The maximum Gasteiger partial charge on any atom is 0.0713 e. The van der Waals surface area contributed by atoms with Gasteiger partial charge in [-0.25, -0.2) is 0 Å². The lowest BCUT2D eigenvalue weighted by Gasteiger charge is -2.39. The van der Waals surface area contributed by atoms with Crippen LogP contribution in [0.15, 0.2) is 24.3 Å². The molecule has 0 radical (unpaired) electrons. The fourth-order valence-electron chi connectivity index (χ4n) is 3.67. The van der Waals surface area contributed by atoms with E-state index < -0.39 is 0 Å². The minimum Gasteiger partial charge on any atom is -0.382 e. The zero-order chi connectivity index (χ0) is 13.8. The molecule has 1 saturated heterocycles. The summed E-state index contributed by atoms with van der Waals surface area (Å²) < 4.78 is 11.3. The topological polar surface area (TPSA) is 30.5 Å². The number of nitrogens with one attached hydrogen (secondary N) is 1. The smallest absolute Gasteiger partial charge is 0.0713 e. The van der Waals surface area contributed by atoms with Gasteiger partial charge in [-0.2, -0.15) is 0 Å². The van der Waals surface area contributed by atoms with E-state index in [1.807, 2.05) is 0 Å². The van der Waals surface area contributed by atoms with Crippen LogP contribution >= 0.6 is 0 Å². The fraction of sp³-hybridized carbons (Fsp3) is 0.647. The number of ether oxygens (including phenoxy) is 2. The zero-order valence-electron chi connectivity index (χ0n) is 12.4. The van der Waals surface area contributed by atoms with E-state index in [4.69, 9.17) is 9.47 Å². The summed E-state index contributed by atoms with van der Waals surface area (Å²) in [5.41, 5.74) is 2.61. The summed E-state index contributed by atoms with van der Waals surface area (Å²) in [6, 6.07) is 9.09. The third-order valence-corrected chi connectivity index (χ3v) is 4.62. The largest absolute Gasteiger partial charge is 0.382 e. The molecule has 1 spiro atoms. The molecule has 1 unspecified atom stereocenters. The Morgan fingerprint density at radius 3 is 3.00 bits per heavy atom. The summed E-state index contributed by atoms with van der Waals surface area (Å²) in [7, 11) is 1.74. The first kappa shape index (κ1) is 13.9. The van der Waals surface area contributed by atoms with E-state index in [9.17, 15) is 0 Å². The predicted octanol–water partition coefficient (Wildman–Crippen LogP) is 3.74. The average Bonchev–Trinajstić information content (AvgIpc) is 2.87. The second-order valence-electron chi connectivity index (χ2n) is 6.21. The molecular weight excluding hydrogens is 250 g/mol. The van der Waals surface area contributed by atoms with E-state index >= 15 is 0 Å². The molecule has 2 fully saturated rings. The minimum atomic E-state index is 0.181. The molecular formula is C17H25NO2. The van der Waals surface area contributed by atoms with Gasteiger partial charge in [0.2, 0.25) is 0 Å². The van der Waals surface area contributed by atoms with Crippen molar-refractivity contribution in [1.82, 2.24) is 0 Å². The van der Waals surface area contributed by atoms with Crippen LogP contribution in [0.3, 0.4) is 0 Å². The van der Waals surface area contributed by atoms with Crippen LogP contribution in [0.5, 0.6) is 0 Å². The molecule has 1 saturated carbocycles. The van der Waals surface area contributed by atoms with Gasteiger partial charge >= 0.3 is 0 Å². The summed E-state index contributed by atoms with van der Waals surface area (Å²) in [4.78, 5) is 0. The van der Waals surface area contributed by atoms with Gasteiger partial charge in [0.15, 0.2) is 0 Å². The Bertz CT molecular complexity index is 440. The summed E-state index contributed by atoms with van der Waals surface area (Å²) >= 11 is 0. The third kappa shape index (κ3) is 3.15. The van der Waals surface area contributed by atoms with Gasteiger partial charge in [-0.1, -0.05) is 25.0 Å². The van der Waals surface area contributed by atoms with Gasteiger partial charge in [-0.05, 0) is 43.4 Å². The molecule has 1 N–H and O–H groups in total. The van der Waals surface area contributed by atoms with Gasteiger partial charge in [0.1, 0.15) is 0 Å². The van der Waals surface area contributed by atoms with Crippen LogP contribution < -0.4 is 5.32 Å². The molecule has 20 heavy (non-hydrogen) atoms. The lowest BCUT2D eigenvalue weighted by atomic mass is 9.89. The van der Waals surface area contributed by atoms with E-state index in [-0.39, 0.29) is 5.60 Å². The molecule has 3 heteroatoms. The van der Waals surface area contributed by atoms with Crippen LogP contribution in [0.2, 0.25) is 0 Å². The van der Waals surface area contributed by atoms with Gasteiger partial charge in [-0.3, -0.25) is 0 Å².